The second kappa shape index (κ2) is 8.80. The molecule has 1 aromatic heterocycles. The quantitative estimate of drug-likeness (QED) is 0.356. The van der Waals surface area contributed by atoms with Crippen LogP contribution in [0, 0.1) is 12.7 Å². The Morgan fingerprint density at radius 1 is 1.03 bits per heavy atom. The summed E-state index contributed by atoms with van der Waals surface area (Å²) < 4.78 is 15.7. The van der Waals surface area contributed by atoms with Gasteiger partial charge in [0.05, 0.1) is 22.1 Å². The minimum Gasteiger partial charge on any atom is -0.382 e. The van der Waals surface area contributed by atoms with Crippen LogP contribution >= 0.6 is 11.6 Å². The molecule has 2 N–H and O–H groups in total. The molecule has 1 aliphatic rings. The molecule has 7 heteroatoms. The number of hydrogen-bond acceptors (Lipinski definition) is 3. The van der Waals surface area contributed by atoms with Crippen LogP contribution in [0.4, 0.5) is 15.8 Å². The fraction of sp³-hybridized carbons (Fsp3) is 0.111. The number of para-hydroxylation sites is 1. The van der Waals surface area contributed by atoms with Crippen LogP contribution in [0.2, 0.25) is 5.02 Å². The normalized spacial score (nSPS) is 12.2. The van der Waals surface area contributed by atoms with Crippen LogP contribution in [-0.2, 0) is 6.42 Å². The van der Waals surface area contributed by atoms with E-state index >= 15 is 0 Å². The fourth-order valence-electron chi connectivity index (χ4n) is 4.23. The molecule has 0 aliphatic carbocycles. The lowest BCUT2D eigenvalue weighted by atomic mass is 10.00. The van der Waals surface area contributed by atoms with Gasteiger partial charge in [0.25, 0.3) is 5.91 Å². The number of benzene rings is 3. The number of aromatic nitrogens is 1. The molecule has 5 rings (SSSR count). The lowest BCUT2D eigenvalue weighted by Gasteiger charge is -2.15. The van der Waals surface area contributed by atoms with E-state index in [2.05, 4.69) is 21.3 Å². The smallest absolute Gasteiger partial charge is 0.256 e. The number of fused-ring (bicyclic) bond motifs is 3. The van der Waals surface area contributed by atoms with Crippen molar-refractivity contribution in [3.05, 3.63) is 112 Å². The average molecular weight is 474 g/mol. The lowest BCUT2D eigenvalue weighted by molar-refractivity contribution is 0.102. The maximum Gasteiger partial charge on any atom is 0.256 e. The summed E-state index contributed by atoms with van der Waals surface area (Å²) in [6.07, 6.45) is 2.84. The van der Waals surface area contributed by atoms with Crippen LogP contribution < -0.4 is 10.6 Å². The number of nitrogens with zero attached hydrogens (tertiary/aromatic N) is 1. The molecule has 34 heavy (non-hydrogen) atoms. The SMILES string of the molecule is Cc1ccc(F)cc1C(=O)Nc1ccc(C(=O)c2cccc3c2NCCc2cccn2-3)cc1Cl. The molecule has 0 atom stereocenters. The van der Waals surface area contributed by atoms with E-state index in [0.717, 1.165) is 17.8 Å². The molecular weight excluding hydrogens is 453 g/mol. The predicted octanol–water partition coefficient (Wildman–Crippen LogP) is 6.03. The third-order valence-corrected chi connectivity index (χ3v) is 6.30. The van der Waals surface area contributed by atoms with Crippen molar-refractivity contribution in [3.8, 4) is 5.69 Å². The molecule has 1 amide bonds. The summed E-state index contributed by atoms with van der Waals surface area (Å²) in [5, 5.41) is 6.32. The van der Waals surface area contributed by atoms with E-state index in [-0.39, 0.29) is 16.4 Å². The first-order valence-corrected chi connectivity index (χ1v) is 11.3. The van der Waals surface area contributed by atoms with Gasteiger partial charge in [-0.05, 0) is 67.1 Å². The van der Waals surface area contributed by atoms with Gasteiger partial charge in [-0.15, -0.1) is 0 Å². The zero-order chi connectivity index (χ0) is 23.8. The first-order chi connectivity index (χ1) is 16.4. The van der Waals surface area contributed by atoms with Crippen molar-refractivity contribution in [2.45, 2.75) is 13.3 Å². The topological polar surface area (TPSA) is 63.1 Å². The average Bonchev–Trinajstić information content (AvgIpc) is 3.22. The van der Waals surface area contributed by atoms with E-state index in [1.165, 1.54) is 23.9 Å². The third kappa shape index (κ3) is 3.97. The lowest BCUT2D eigenvalue weighted by Crippen LogP contribution is -2.14. The number of nitrogens with one attached hydrogen (secondary N) is 2. The molecule has 0 spiro atoms. The van der Waals surface area contributed by atoms with Crippen molar-refractivity contribution in [1.82, 2.24) is 4.57 Å². The number of amides is 1. The van der Waals surface area contributed by atoms with E-state index < -0.39 is 11.7 Å². The number of carbonyl (C=O) groups excluding carboxylic acids is 2. The number of hydrogen-bond donors (Lipinski definition) is 2. The van der Waals surface area contributed by atoms with E-state index in [0.29, 0.717) is 28.9 Å². The molecule has 0 unspecified atom stereocenters. The minimum absolute atomic E-state index is 0.180. The molecule has 0 radical (unpaired) electrons. The predicted molar refractivity (Wildman–Crippen MR) is 132 cm³/mol. The Balaban J connectivity index is 1.44. The molecule has 3 aromatic carbocycles. The maximum absolute atomic E-state index is 13.6. The van der Waals surface area contributed by atoms with Crippen molar-refractivity contribution < 1.29 is 14.0 Å². The zero-order valence-electron chi connectivity index (χ0n) is 18.4. The Morgan fingerprint density at radius 2 is 1.88 bits per heavy atom. The van der Waals surface area contributed by atoms with Crippen LogP contribution in [0.3, 0.4) is 0 Å². The van der Waals surface area contributed by atoms with E-state index in [4.69, 9.17) is 11.6 Å². The van der Waals surface area contributed by atoms with Gasteiger partial charge in [-0.2, -0.15) is 0 Å². The second-order valence-electron chi connectivity index (χ2n) is 8.18. The van der Waals surface area contributed by atoms with Gasteiger partial charge in [-0.3, -0.25) is 9.59 Å². The second-order valence-corrected chi connectivity index (χ2v) is 8.59. The molecule has 5 nitrogen and oxygen atoms in total. The Kier molecular flexibility index (Phi) is 5.67. The number of carbonyl (C=O) groups is 2. The van der Waals surface area contributed by atoms with Gasteiger partial charge in [-0.1, -0.05) is 23.7 Å². The monoisotopic (exact) mass is 473 g/mol. The van der Waals surface area contributed by atoms with Crippen molar-refractivity contribution in [2.24, 2.45) is 0 Å². The van der Waals surface area contributed by atoms with Gasteiger partial charge in [-0.25, -0.2) is 4.39 Å². The van der Waals surface area contributed by atoms with Gasteiger partial charge < -0.3 is 15.2 Å². The van der Waals surface area contributed by atoms with Gasteiger partial charge in [0, 0.05) is 41.5 Å². The number of anilines is 2. The third-order valence-electron chi connectivity index (χ3n) is 5.99. The van der Waals surface area contributed by atoms with Crippen molar-refractivity contribution in [3.63, 3.8) is 0 Å². The van der Waals surface area contributed by atoms with Gasteiger partial charge in [0.15, 0.2) is 5.78 Å². The molecule has 0 saturated carbocycles. The molecule has 2 heterocycles. The summed E-state index contributed by atoms with van der Waals surface area (Å²) in [7, 11) is 0. The van der Waals surface area contributed by atoms with Crippen LogP contribution in [0.25, 0.3) is 5.69 Å². The Labute approximate surface area is 201 Å². The van der Waals surface area contributed by atoms with Crippen LogP contribution in [-0.4, -0.2) is 22.8 Å². The standard InChI is InChI=1S/C27H21ClFN3O2/c1-16-7-9-18(29)15-21(16)27(34)31-23-10-8-17(14-22(23)28)26(33)20-5-2-6-24-25(20)30-12-11-19-4-3-13-32(19)24/h2-10,13-15,30H,11-12H2,1H3,(H,31,34). The number of rotatable bonds is 4. The van der Waals surface area contributed by atoms with Gasteiger partial charge >= 0.3 is 0 Å². The summed E-state index contributed by atoms with van der Waals surface area (Å²) in [6.45, 7) is 2.44. The van der Waals surface area contributed by atoms with Crippen LogP contribution in [0.5, 0.6) is 0 Å². The number of aryl methyl sites for hydroxylation is 1. The highest BCUT2D eigenvalue weighted by molar-refractivity contribution is 6.34. The highest BCUT2D eigenvalue weighted by atomic mass is 35.5. The van der Waals surface area contributed by atoms with Gasteiger partial charge in [0.1, 0.15) is 5.82 Å². The van der Waals surface area contributed by atoms with Crippen LogP contribution in [0.1, 0.15) is 37.5 Å². The zero-order valence-corrected chi connectivity index (χ0v) is 19.1. The van der Waals surface area contributed by atoms with E-state index in [1.807, 2.05) is 24.4 Å². The Morgan fingerprint density at radius 3 is 2.71 bits per heavy atom. The van der Waals surface area contributed by atoms with Crippen molar-refractivity contribution in [2.75, 3.05) is 17.2 Å². The highest BCUT2D eigenvalue weighted by Gasteiger charge is 2.21. The molecule has 170 valence electrons. The molecule has 1 aliphatic heterocycles. The molecular formula is C27H21ClFN3O2. The van der Waals surface area contributed by atoms with Crippen LogP contribution in [0.15, 0.2) is 72.9 Å². The number of halogens is 2. The number of ketones is 1. The summed E-state index contributed by atoms with van der Waals surface area (Å²) in [5.41, 5.74) is 5.02. The molecule has 0 saturated heterocycles. The molecule has 0 fully saturated rings. The summed E-state index contributed by atoms with van der Waals surface area (Å²) in [4.78, 5) is 26.1. The first kappa shape index (κ1) is 21.9. The molecule has 4 aromatic rings. The highest BCUT2D eigenvalue weighted by Crippen LogP contribution is 2.32. The van der Waals surface area contributed by atoms with Crippen molar-refractivity contribution >= 4 is 34.7 Å². The summed E-state index contributed by atoms with van der Waals surface area (Å²) >= 11 is 6.42. The summed E-state index contributed by atoms with van der Waals surface area (Å²) in [6, 6.07) is 18.5. The van der Waals surface area contributed by atoms with E-state index in [9.17, 15) is 14.0 Å². The Bertz CT molecular complexity index is 1440. The Hall–Kier alpha value is -3.90. The van der Waals surface area contributed by atoms with E-state index in [1.54, 1.807) is 31.2 Å². The molecule has 0 bridgehead atoms. The largest absolute Gasteiger partial charge is 0.382 e. The minimum atomic E-state index is -0.495. The fourth-order valence-corrected chi connectivity index (χ4v) is 4.46. The summed E-state index contributed by atoms with van der Waals surface area (Å²) in [5.74, 6) is -1.15. The van der Waals surface area contributed by atoms with Gasteiger partial charge in [0.2, 0.25) is 0 Å². The van der Waals surface area contributed by atoms with Crippen molar-refractivity contribution in [1.29, 1.82) is 0 Å². The first-order valence-electron chi connectivity index (χ1n) is 10.9. The maximum atomic E-state index is 13.6.